The van der Waals surface area contributed by atoms with E-state index in [1.165, 1.54) is 16.8 Å². The van der Waals surface area contributed by atoms with Crippen molar-refractivity contribution in [3.63, 3.8) is 0 Å². The van der Waals surface area contributed by atoms with Gasteiger partial charge in [0, 0.05) is 19.6 Å². The zero-order valence-corrected chi connectivity index (χ0v) is 14.6. The van der Waals surface area contributed by atoms with Crippen LogP contribution in [0, 0.1) is 0 Å². The molecule has 112 valence electrons. The molecule has 0 spiro atoms. The minimum atomic E-state index is 0.111. The van der Waals surface area contributed by atoms with Gasteiger partial charge in [-0.3, -0.25) is 4.68 Å². The lowest BCUT2D eigenvalue weighted by molar-refractivity contribution is 0.516. The molecule has 5 heteroatoms. The number of benzene rings is 1. The van der Waals surface area contributed by atoms with E-state index in [1.54, 1.807) is 0 Å². The zero-order valence-electron chi connectivity index (χ0n) is 12.2. The van der Waals surface area contributed by atoms with Crippen LogP contribution in [0.25, 0.3) is 0 Å². The Kier molecular flexibility index (Phi) is 4.38. The van der Waals surface area contributed by atoms with Gasteiger partial charge in [0.15, 0.2) is 0 Å². The summed E-state index contributed by atoms with van der Waals surface area (Å²) in [5.74, 6) is 0. The first-order valence-electron chi connectivity index (χ1n) is 7.27. The number of nitrogens with one attached hydrogen (secondary N) is 1. The van der Waals surface area contributed by atoms with Crippen LogP contribution in [0.1, 0.15) is 35.5 Å². The number of halogens is 2. The molecule has 2 atom stereocenters. The summed E-state index contributed by atoms with van der Waals surface area (Å²) in [6.45, 7) is 2.87. The first-order valence-corrected chi connectivity index (χ1v) is 8.50. The van der Waals surface area contributed by atoms with Gasteiger partial charge in [0.1, 0.15) is 0 Å². The van der Waals surface area contributed by atoms with Crippen LogP contribution < -0.4 is 5.32 Å². The highest BCUT2D eigenvalue weighted by Gasteiger charge is 2.30. The minimum Gasteiger partial charge on any atom is -0.303 e. The van der Waals surface area contributed by atoms with Crippen molar-refractivity contribution in [1.29, 1.82) is 0 Å². The third kappa shape index (κ3) is 2.77. The van der Waals surface area contributed by atoms with Gasteiger partial charge in [-0.15, -0.1) is 11.6 Å². The van der Waals surface area contributed by atoms with Crippen molar-refractivity contribution in [3.8, 4) is 0 Å². The summed E-state index contributed by atoms with van der Waals surface area (Å²) in [4.78, 5) is 0. The number of nitrogens with zero attached hydrogens (tertiary/aromatic N) is 2. The summed E-state index contributed by atoms with van der Waals surface area (Å²) in [5, 5.41) is 8.25. The van der Waals surface area contributed by atoms with Crippen molar-refractivity contribution in [2.75, 3.05) is 0 Å². The van der Waals surface area contributed by atoms with Gasteiger partial charge < -0.3 is 5.32 Å². The van der Waals surface area contributed by atoms with Gasteiger partial charge in [-0.05, 0) is 39.9 Å². The molecule has 0 saturated carbocycles. The number of fused-ring (bicyclic) bond motifs is 1. The summed E-state index contributed by atoms with van der Waals surface area (Å²) in [6.07, 6.45) is 1.86. The second kappa shape index (κ2) is 6.11. The number of aromatic nitrogens is 2. The summed E-state index contributed by atoms with van der Waals surface area (Å²) in [5.41, 5.74) is 4.95. The van der Waals surface area contributed by atoms with Crippen molar-refractivity contribution in [2.24, 2.45) is 7.05 Å². The molecule has 1 aliphatic rings. The van der Waals surface area contributed by atoms with Gasteiger partial charge in [0.05, 0.1) is 21.2 Å². The first kappa shape index (κ1) is 15.1. The Morgan fingerprint density at radius 2 is 2.19 bits per heavy atom. The molecule has 0 fully saturated rings. The van der Waals surface area contributed by atoms with E-state index in [-0.39, 0.29) is 11.4 Å². The Hall–Kier alpha value is -0.840. The maximum absolute atomic E-state index is 6.53. The molecule has 21 heavy (non-hydrogen) atoms. The van der Waals surface area contributed by atoms with Gasteiger partial charge >= 0.3 is 0 Å². The molecular weight excluding hydrogens is 350 g/mol. The Morgan fingerprint density at radius 1 is 1.43 bits per heavy atom. The average Bonchev–Trinajstić information content (AvgIpc) is 2.94. The van der Waals surface area contributed by atoms with Crippen molar-refractivity contribution in [1.82, 2.24) is 15.1 Å². The Labute approximate surface area is 138 Å². The van der Waals surface area contributed by atoms with Crippen molar-refractivity contribution in [3.05, 3.63) is 51.3 Å². The fourth-order valence-corrected chi connectivity index (χ4v) is 4.15. The molecule has 2 aromatic rings. The lowest BCUT2D eigenvalue weighted by atomic mass is 10.1. The topological polar surface area (TPSA) is 29.9 Å². The van der Waals surface area contributed by atoms with Crippen LogP contribution in [0.4, 0.5) is 0 Å². The van der Waals surface area contributed by atoms with Crippen molar-refractivity contribution < 1.29 is 0 Å². The van der Waals surface area contributed by atoms with E-state index < -0.39 is 0 Å². The van der Waals surface area contributed by atoms with E-state index >= 15 is 0 Å². The van der Waals surface area contributed by atoms with Gasteiger partial charge in [0.25, 0.3) is 0 Å². The number of alkyl halides is 1. The van der Waals surface area contributed by atoms with Gasteiger partial charge in [-0.25, -0.2) is 0 Å². The fourth-order valence-electron chi connectivity index (χ4n) is 3.00. The molecule has 2 unspecified atom stereocenters. The monoisotopic (exact) mass is 367 g/mol. The SMILES string of the molecule is CCc1nn(C)c(CNC2c3ccccc3CC2Cl)c1Br. The van der Waals surface area contributed by atoms with E-state index in [2.05, 4.69) is 57.5 Å². The van der Waals surface area contributed by atoms with Crippen LogP contribution in [0.3, 0.4) is 0 Å². The third-order valence-corrected chi connectivity index (χ3v) is 5.48. The molecule has 3 nitrogen and oxygen atoms in total. The van der Waals surface area contributed by atoms with Crippen LogP contribution in [0.2, 0.25) is 0 Å². The van der Waals surface area contributed by atoms with Crippen molar-refractivity contribution in [2.45, 2.75) is 37.7 Å². The molecule has 0 aliphatic heterocycles. The van der Waals surface area contributed by atoms with Crippen LogP contribution in [-0.2, 0) is 26.4 Å². The molecule has 3 rings (SSSR count). The summed E-state index contributed by atoms with van der Waals surface area (Å²) >= 11 is 10.2. The van der Waals surface area contributed by atoms with Crippen LogP contribution in [0.15, 0.2) is 28.7 Å². The van der Waals surface area contributed by atoms with Gasteiger partial charge in [-0.1, -0.05) is 31.2 Å². The first-order chi connectivity index (χ1) is 10.1. The third-order valence-electron chi connectivity index (χ3n) is 4.16. The number of rotatable bonds is 4. The Bertz CT molecular complexity index is 653. The molecule has 1 N–H and O–H groups in total. The van der Waals surface area contributed by atoms with Crippen LogP contribution in [-0.4, -0.2) is 15.2 Å². The maximum Gasteiger partial charge on any atom is 0.0767 e. The van der Waals surface area contributed by atoms with Gasteiger partial charge in [0.2, 0.25) is 0 Å². The van der Waals surface area contributed by atoms with Crippen molar-refractivity contribution >= 4 is 27.5 Å². The normalized spacial score (nSPS) is 20.8. The highest BCUT2D eigenvalue weighted by Crippen LogP contribution is 2.35. The molecule has 0 amide bonds. The predicted octanol–water partition coefficient (Wildman–Crippen LogP) is 3.74. The zero-order chi connectivity index (χ0) is 15.0. The molecule has 0 saturated heterocycles. The molecular formula is C16H19BrClN3. The highest BCUT2D eigenvalue weighted by molar-refractivity contribution is 9.10. The molecule has 0 bridgehead atoms. The minimum absolute atomic E-state index is 0.111. The number of hydrogen-bond acceptors (Lipinski definition) is 2. The van der Waals surface area contributed by atoms with E-state index in [0.717, 1.165) is 29.6 Å². The number of hydrogen-bond donors (Lipinski definition) is 1. The second-order valence-electron chi connectivity index (χ2n) is 5.46. The second-order valence-corrected chi connectivity index (χ2v) is 6.82. The molecule has 1 aliphatic carbocycles. The van der Waals surface area contributed by atoms with Gasteiger partial charge in [-0.2, -0.15) is 5.10 Å². The van der Waals surface area contributed by atoms with Crippen LogP contribution in [0.5, 0.6) is 0 Å². The number of aryl methyl sites for hydroxylation is 2. The molecule has 1 aromatic heterocycles. The fraction of sp³-hybridized carbons (Fsp3) is 0.438. The lowest BCUT2D eigenvalue weighted by Crippen LogP contribution is -2.26. The van der Waals surface area contributed by atoms with E-state index in [9.17, 15) is 0 Å². The lowest BCUT2D eigenvalue weighted by Gasteiger charge is -2.17. The summed E-state index contributed by atoms with van der Waals surface area (Å²) < 4.78 is 3.05. The smallest absolute Gasteiger partial charge is 0.0767 e. The average molecular weight is 369 g/mol. The highest BCUT2D eigenvalue weighted by atomic mass is 79.9. The van der Waals surface area contributed by atoms with E-state index in [0.29, 0.717) is 0 Å². The molecule has 1 aromatic carbocycles. The van der Waals surface area contributed by atoms with E-state index in [4.69, 9.17) is 11.6 Å². The molecule has 1 heterocycles. The predicted molar refractivity (Wildman–Crippen MR) is 89.7 cm³/mol. The van der Waals surface area contributed by atoms with Crippen LogP contribution >= 0.6 is 27.5 Å². The summed E-state index contributed by atoms with van der Waals surface area (Å²) in [7, 11) is 1.99. The Morgan fingerprint density at radius 3 is 2.90 bits per heavy atom. The summed E-state index contributed by atoms with van der Waals surface area (Å²) in [6, 6.07) is 8.70. The molecule has 0 radical (unpaired) electrons. The largest absolute Gasteiger partial charge is 0.303 e. The van der Waals surface area contributed by atoms with E-state index in [1.807, 2.05) is 11.7 Å². The Balaban J connectivity index is 1.78. The quantitative estimate of drug-likeness (QED) is 0.833. The standard InChI is InChI=1S/C16H19BrClN3/c1-3-13-15(17)14(21(2)20-13)9-19-16-11-7-5-4-6-10(11)8-12(16)18/h4-7,12,16,19H,3,8-9H2,1-2H3. The maximum atomic E-state index is 6.53.